The van der Waals surface area contributed by atoms with Crippen LogP contribution in [0, 0.1) is 5.92 Å². The number of halogens is 1. The number of hydrogen-bond donors (Lipinski definition) is 1. The molecule has 2 fully saturated rings. The predicted molar refractivity (Wildman–Crippen MR) is 80.1 cm³/mol. The number of likely N-dealkylation sites (tertiary alicyclic amines) is 1. The van der Waals surface area contributed by atoms with Crippen molar-refractivity contribution in [2.45, 2.75) is 44.2 Å². The summed E-state index contributed by atoms with van der Waals surface area (Å²) in [7, 11) is 2.06. The number of furan rings is 1. The van der Waals surface area contributed by atoms with Gasteiger partial charge in [-0.05, 0) is 79.8 Å². The van der Waals surface area contributed by atoms with Crippen LogP contribution >= 0.6 is 15.9 Å². The molecule has 2 unspecified atom stereocenters. The lowest BCUT2D eigenvalue weighted by molar-refractivity contribution is 0.124. The van der Waals surface area contributed by atoms with Gasteiger partial charge in [-0.2, -0.15) is 0 Å². The van der Waals surface area contributed by atoms with E-state index in [0.717, 1.165) is 23.0 Å². The molecule has 2 aliphatic rings. The molecule has 19 heavy (non-hydrogen) atoms. The fourth-order valence-electron chi connectivity index (χ4n) is 3.44. The molecule has 0 bridgehead atoms. The SMILES string of the molecule is CNCC1CCCCN(C2CC2)C1c1ccc(Br)o1. The molecule has 1 saturated heterocycles. The summed E-state index contributed by atoms with van der Waals surface area (Å²) in [4.78, 5) is 2.71. The summed E-state index contributed by atoms with van der Waals surface area (Å²) in [5.74, 6) is 1.80. The van der Waals surface area contributed by atoms with E-state index in [0.29, 0.717) is 12.0 Å². The first kappa shape index (κ1) is 13.7. The fourth-order valence-corrected chi connectivity index (χ4v) is 3.76. The van der Waals surface area contributed by atoms with Crippen LogP contribution in [-0.4, -0.2) is 31.1 Å². The highest BCUT2D eigenvalue weighted by molar-refractivity contribution is 9.10. The summed E-state index contributed by atoms with van der Waals surface area (Å²) in [6.45, 7) is 2.31. The van der Waals surface area contributed by atoms with Crippen LogP contribution in [0.4, 0.5) is 0 Å². The first-order chi connectivity index (χ1) is 9.29. The Labute approximate surface area is 123 Å². The molecule has 1 N–H and O–H groups in total. The lowest BCUT2D eigenvalue weighted by Gasteiger charge is -2.33. The van der Waals surface area contributed by atoms with Crippen molar-refractivity contribution in [3.05, 3.63) is 22.6 Å². The predicted octanol–water partition coefficient (Wildman–Crippen LogP) is 3.57. The Bertz CT molecular complexity index is 416. The van der Waals surface area contributed by atoms with E-state index >= 15 is 0 Å². The zero-order valence-electron chi connectivity index (χ0n) is 11.6. The molecule has 0 spiro atoms. The van der Waals surface area contributed by atoms with Crippen LogP contribution in [0.2, 0.25) is 0 Å². The van der Waals surface area contributed by atoms with Crippen LogP contribution in [0.3, 0.4) is 0 Å². The van der Waals surface area contributed by atoms with Crippen LogP contribution in [0.5, 0.6) is 0 Å². The first-order valence-corrected chi connectivity index (χ1v) is 8.24. The van der Waals surface area contributed by atoms with E-state index < -0.39 is 0 Å². The van der Waals surface area contributed by atoms with Crippen molar-refractivity contribution in [1.29, 1.82) is 0 Å². The van der Waals surface area contributed by atoms with Gasteiger partial charge < -0.3 is 9.73 Å². The number of hydrogen-bond acceptors (Lipinski definition) is 3. The van der Waals surface area contributed by atoms with E-state index in [-0.39, 0.29) is 0 Å². The van der Waals surface area contributed by atoms with E-state index in [1.807, 2.05) is 6.07 Å². The molecule has 4 heteroatoms. The standard InChI is InChI=1S/C15H23BrN2O/c1-17-10-11-4-2-3-9-18(12-5-6-12)15(11)13-7-8-14(16)19-13/h7-8,11-12,15,17H,2-6,9-10H2,1H3. The molecular formula is C15H23BrN2O. The number of nitrogens with zero attached hydrogens (tertiary/aromatic N) is 1. The summed E-state index contributed by atoms with van der Waals surface area (Å²) >= 11 is 3.45. The van der Waals surface area contributed by atoms with E-state index in [1.54, 1.807) is 0 Å². The van der Waals surface area contributed by atoms with Gasteiger partial charge >= 0.3 is 0 Å². The fraction of sp³-hybridized carbons (Fsp3) is 0.733. The van der Waals surface area contributed by atoms with Crippen molar-refractivity contribution in [3.8, 4) is 0 Å². The highest BCUT2D eigenvalue weighted by atomic mass is 79.9. The minimum absolute atomic E-state index is 0.453. The maximum Gasteiger partial charge on any atom is 0.169 e. The molecule has 0 amide bonds. The van der Waals surface area contributed by atoms with Crippen molar-refractivity contribution in [1.82, 2.24) is 10.2 Å². The molecular weight excluding hydrogens is 304 g/mol. The topological polar surface area (TPSA) is 28.4 Å². The number of rotatable bonds is 4. The lowest BCUT2D eigenvalue weighted by atomic mass is 9.92. The normalized spacial score (nSPS) is 29.4. The average molecular weight is 327 g/mol. The van der Waals surface area contributed by atoms with Crippen LogP contribution in [0.15, 0.2) is 21.2 Å². The van der Waals surface area contributed by atoms with Gasteiger partial charge in [-0.15, -0.1) is 0 Å². The van der Waals surface area contributed by atoms with Crippen LogP contribution < -0.4 is 5.32 Å². The molecule has 106 valence electrons. The molecule has 2 atom stereocenters. The number of nitrogens with one attached hydrogen (secondary N) is 1. The van der Waals surface area contributed by atoms with Gasteiger partial charge in [-0.3, -0.25) is 4.90 Å². The van der Waals surface area contributed by atoms with Gasteiger partial charge in [0.05, 0.1) is 6.04 Å². The maximum absolute atomic E-state index is 5.91. The summed E-state index contributed by atoms with van der Waals surface area (Å²) in [6, 6.07) is 5.43. The molecule has 1 aromatic rings. The van der Waals surface area contributed by atoms with Crippen LogP contribution in [0.25, 0.3) is 0 Å². The molecule has 3 nitrogen and oxygen atoms in total. The molecule has 1 aliphatic carbocycles. The Morgan fingerprint density at radius 2 is 2.16 bits per heavy atom. The summed E-state index contributed by atoms with van der Waals surface area (Å²) < 4.78 is 6.76. The second kappa shape index (κ2) is 5.98. The van der Waals surface area contributed by atoms with Gasteiger partial charge in [0.2, 0.25) is 0 Å². The monoisotopic (exact) mass is 326 g/mol. The van der Waals surface area contributed by atoms with Gasteiger partial charge in [-0.1, -0.05) is 6.42 Å². The Hall–Kier alpha value is -0.320. The van der Waals surface area contributed by atoms with E-state index in [1.165, 1.54) is 38.6 Å². The van der Waals surface area contributed by atoms with E-state index in [2.05, 4.69) is 39.3 Å². The van der Waals surface area contributed by atoms with Gasteiger partial charge in [0.15, 0.2) is 4.67 Å². The zero-order valence-corrected chi connectivity index (χ0v) is 13.2. The van der Waals surface area contributed by atoms with Gasteiger partial charge in [0.25, 0.3) is 0 Å². The Morgan fingerprint density at radius 3 is 2.79 bits per heavy atom. The van der Waals surface area contributed by atoms with Gasteiger partial charge in [-0.25, -0.2) is 0 Å². The quantitative estimate of drug-likeness (QED) is 0.916. The second-order valence-electron chi connectivity index (χ2n) is 5.87. The van der Waals surface area contributed by atoms with Crippen LogP contribution in [-0.2, 0) is 0 Å². The van der Waals surface area contributed by atoms with Crippen molar-refractivity contribution >= 4 is 15.9 Å². The Balaban J connectivity index is 1.88. The van der Waals surface area contributed by atoms with Gasteiger partial charge in [0, 0.05) is 6.04 Å². The van der Waals surface area contributed by atoms with E-state index in [4.69, 9.17) is 4.42 Å². The maximum atomic E-state index is 5.91. The highest BCUT2D eigenvalue weighted by Gasteiger charge is 2.40. The third-order valence-corrected chi connectivity index (χ3v) is 4.84. The third-order valence-electron chi connectivity index (χ3n) is 4.41. The zero-order chi connectivity index (χ0) is 13.2. The average Bonchev–Trinajstić information content (AvgIpc) is 3.17. The molecule has 2 heterocycles. The molecule has 1 saturated carbocycles. The lowest BCUT2D eigenvalue weighted by Crippen LogP contribution is -2.37. The van der Waals surface area contributed by atoms with E-state index in [9.17, 15) is 0 Å². The first-order valence-electron chi connectivity index (χ1n) is 7.45. The van der Waals surface area contributed by atoms with Crippen LogP contribution in [0.1, 0.15) is 43.9 Å². The summed E-state index contributed by atoms with van der Waals surface area (Å²) in [5.41, 5.74) is 0. The minimum atomic E-state index is 0.453. The van der Waals surface area contributed by atoms with Gasteiger partial charge in [0.1, 0.15) is 5.76 Å². The molecule has 3 rings (SSSR count). The molecule has 1 aliphatic heterocycles. The summed E-state index contributed by atoms with van der Waals surface area (Å²) in [6.07, 6.45) is 6.70. The molecule has 1 aromatic heterocycles. The van der Waals surface area contributed by atoms with Crippen molar-refractivity contribution < 1.29 is 4.42 Å². The second-order valence-corrected chi connectivity index (χ2v) is 6.65. The third kappa shape index (κ3) is 3.06. The van der Waals surface area contributed by atoms with Crippen molar-refractivity contribution in [2.24, 2.45) is 5.92 Å². The molecule has 0 radical (unpaired) electrons. The summed E-state index contributed by atoms with van der Waals surface area (Å²) in [5, 5.41) is 3.37. The largest absolute Gasteiger partial charge is 0.453 e. The Kier molecular flexibility index (Phi) is 4.30. The van der Waals surface area contributed by atoms with Crippen molar-refractivity contribution in [3.63, 3.8) is 0 Å². The van der Waals surface area contributed by atoms with Crippen molar-refractivity contribution in [2.75, 3.05) is 20.1 Å². The smallest absolute Gasteiger partial charge is 0.169 e. The minimum Gasteiger partial charge on any atom is -0.453 e. The molecule has 0 aromatic carbocycles. The highest BCUT2D eigenvalue weighted by Crippen LogP contribution is 2.42. The Morgan fingerprint density at radius 1 is 1.32 bits per heavy atom.